The van der Waals surface area contributed by atoms with E-state index < -0.39 is 0 Å². The monoisotopic (exact) mass is 694 g/mol. The normalized spacial score (nSPS) is 12.5. The minimum atomic E-state index is 0.484. The summed E-state index contributed by atoms with van der Waals surface area (Å²) in [5, 5.41) is 8.28. The van der Waals surface area contributed by atoms with Crippen LogP contribution >= 0.6 is 77.0 Å². The molecule has 4 heteroatoms. The van der Waals surface area contributed by atoms with Gasteiger partial charge in [0.05, 0.1) is 0 Å². The van der Waals surface area contributed by atoms with Crippen molar-refractivity contribution in [1.82, 2.24) is 0 Å². The average Bonchev–Trinajstić information content (AvgIpc) is 2.55. The van der Waals surface area contributed by atoms with Crippen molar-refractivity contribution in [2.24, 2.45) is 0 Å². The quantitative estimate of drug-likeness (QED) is 0.145. The molecule has 0 bridgehead atoms. The third-order valence-electron chi connectivity index (χ3n) is 5.22. The third kappa shape index (κ3) is 2.84. The Morgan fingerprint density at radius 2 is 0.962 bits per heavy atom. The molecular formula is C22H18Br2I2. The number of benzene rings is 4. The Morgan fingerprint density at radius 1 is 0.615 bits per heavy atom. The Bertz CT molecular complexity index is 1080. The van der Waals surface area contributed by atoms with Crippen LogP contribution in [-0.4, -0.2) is 0 Å². The molecule has 0 saturated heterocycles. The molecule has 0 aliphatic rings. The molecule has 0 heterocycles. The second kappa shape index (κ2) is 6.99. The lowest BCUT2D eigenvalue weighted by Gasteiger charge is -2.22. The summed E-state index contributed by atoms with van der Waals surface area (Å²) in [5.41, 5.74) is 2.83. The van der Waals surface area contributed by atoms with Crippen molar-refractivity contribution < 1.29 is 0 Å². The minimum absolute atomic E-state index is 0.484. The lowest BCUT2D eigenvalue weighted by atomic mass is 9.86. The van der Waals surface area contributed by atoms with Crippen LogP contribution in [0.15, 0.2) is 33.2 Å². The lowest BCUT2D eigenvalue weighted by Crippen LogP contribution is -1.99. The van der Waals surface area contributed by atoms with E-state index >= 15 is 0 Å². The molecular weight excluding hydrogens is 678 g/mol. The average molecular weight is 696 g/mol. The highest BCUT2D eigenvalue weighted by molar-refractivity contribution is 14.1. The van der Waals surface area contributed by atoms with E-state index in [-0.39, 0.29) is 0 Å². The number of hydrogen-bond donors (Lipinski definition) is 0. The maximum Gasteiger partial charge on any atom is 0.0267 e. The van der Waals surface area contributed by atoms with Crippen LogP contribution in [0.3, 0.4) is 0 Å². The Hall–Kier alpha value is 0.340. The van der Waals surface area contributed by atoms with Crippen LogP contribution in [0.1, 0.15) is 50.7 Å². The molecule has 0 radical (unpaired) electrons. The molecule has 4 aromatic carbocycles. The van der Waals surface area contributed by atoms with E-state index in [1.807, 2.05) is 0 Å². The van der Waals surface area contributed by atoms with E-state index in [0.717, 1.165) is 0 Å². The van der Waals surface area contributed by atoms with E-state index in [1.54, 1.807) is 0 Å². The van der Waals surface area contributed by atoms with Gasteiger partial charge in [-0.05, 0) is 114 Å². The standard InChI is InChI=1S/C22H18Br2I2/c1-9(2)11-5-15(23)21-18(26)8-14-12(10(3)4)6-16(24)22-17(25)7-13(11)19(21)20(14)22/h5-10H,1-4H3. The third-order valence-corrected chi connectivity index (χ3v) is 8.17. The first-order chi connectivity index (χ1) is 12.2. The summed E-state index contributed by atoms with van der Waals surface area (Å²) in [6.07, 6.45) is 0. The zero-order valence-electron chi connectivity index (χ0n) is 15.0. The molecule has 0 amide bonds. The van der Waals surface area contributed by atoms with Gasteiger partial charge in [0.2, 0.25) is 0 Å². The van der Waals surface area contributed by atoms with Crippen molar-refractivity contribution in [1.29, 1.82) is 0 Å². The fourth-order valence-electron chi connectivity index (χ4n) is 4.02. The van der Waals surface area contributed by atoms with Crippen LogP contribution < -0.4 is 0 Å². The lowest BCUT2D eigenvalue weighted by molar-refractivity contribution is 0.875. The van der Waals surface area contributed by atoms with Crippen molar-refractivity contribution >= 4 is 109 Å². The van der Waals surface area contributed by atoms with Crippen LogP contribution in [0, 0.1) is 7.14 Å². The number of rotatable bonds is 2. The first-order valence-electron chi connectivity index (χ1n) is 8.70. The Balaban J connectivity index is 2.43. The van der Waals surface area contributed by atoms with E-state index in [4.69, 9.17) is 0 Å². The highest BCUT2D eigenvalue weighted by Gasteiger charge is 2.22. The summed E-state index contributed by atoms with van der Waals surface area (Å²) in [5.74, 6) is 0.967. The van der Waals surface area contributed by atoms with Gasteiger partial charge in [-0.2, -0.15) is 0 Å². The van der Waals surface area contributed by atoms with Crippen molar-refractivity contribution in [2.45, 2.75) is 39.5 Å². The molecule has 0 nitrogen and oxygen atoms in total. The molecule has 0 unspecified atom stereocenters. The smallest absolute Gasteiger partial charge is 0.0267 e. The van der Waals surface area contributed by atoms with Crippen molar-refractivity contribution in [3.8, 4) is 0 Å². The van der Waals surface area contributed by atoms with Gasteiger partial charge >= 0.3 is 0 Å². The van der Waals surface area contributed by atoms with Gasteiger partial charge in [-0.15, -0.1) is 0 Å². The van der Waals surface area contributed by atoms with E-state index in [9.17, 15) is 0 Å². The maximum absolute atomic E-state index is 3.88. The predicted octanol–water partition coefficient (Wildman–Crippen LogP) is 9.56. The van der Waals surface area contributed by atoms with Crippen molar-refractivity contribution in [3.63, 3.8) is 0 Å². The van der Waals surface area contributed by atoms with Gasteiger partial charge in [-0.3, -0.25) is 0 Å². The summed E-state index contributed by atoms with van der Waals surface area (Å²) >= 11 is 12.8. The molecule has 4 rings (SSSR count). The van der Waals surface area contributed by atoms with Gasteiger partial charge in [0.15, 0.2) is 0 Å². The second-order valence-corrected chi connectivity index (χ2v) is 11.5. The highest BCUT2D eigenvalue weighted by Crippen LogP contribution is 2.48. The molecule has 0 aliphatic carbocycles. The minimum Gasteiger partial charge on any atom is -0.0587 e. The maximum atomic E-state index is 3.88. The summed E-state index contributed by atoms with van der Waals surface area (Å²) in [6, 6.07) is 9.40. The fourth-order valence-corrected chi connectivity index (χ4v) is 7.82. The second-order valence-electron chi connectivity index (χ2n) is 7.52. The fraction of sp³-hybridized carbons (Fsp3) is 0.273. The molecule has 0 saturated carbocycles. The van der Waals surface area contributed by atoms with E-state index in [0.29, 0.717) is 11.8 Å². The molecule has 0 aromatic heterocycles. The zero-order valence-corrected chi connectivity index (χ0v) is 22.5. The summed E-state index contributed by atoms with van der Waals surface area (Å²) < 4.78 is 5.03. The number of halogens is 4. The van der Waals surface area contributed by atoms with Crippen molar-refractivity contribution in [2.75, 3.05) is 0 Å². The van der Waals surface area contributed by atoms with Crippen molar-refractivity contribution in [3.05, 3.63) is 51.5 Å². The largest absolute Gasteiger partial charge is 0.0587 e. The van der Waals surface area contributed by atoms with E-state index in [2.05, 4.69) is 129 Å². The molecule has 4 aromatic rings. The van der Waals surface area contributed by atoms with Crippen LogP contribution in [0.2, 0.25) is 0 Å². The van der Waals surface area contributed by atoms with Gasteiger partial charge < -0.3 is 0 Å². The zero-order chi connectivity index (χ0) is 18.9. The highest BCUT2D eigenvalue weighted by atomic mass is 127. The predicted molar refractivity (Wildman–Crippen MR) is 139 cm³/mol. The summed E-state index contributed by atoms with van der Waals surface area (Å²) in [6.45, 7) is 9.13. The topological polar surface area (TPSA) is 0 Å². The first kappa shape index (κ1) is 19.6. The molecule has 0 atom stereocenters. The van der Waals surface area contributed by atoms with Crippen LogP contribution in [-0.2, 0) is 0 Å². The Morgan fingerprint density at radius 3 is 1.27 bits per heavy atom. The Labute approximate surface area is 198 Å². The van der Waals surface area contributed by atoms with E-state index in [1.165, 1.54) is 59.5 Å². The molecule has 0 aliphatic heterocycles. The number of hydrogen-bond acceptors (Lipinski definition) is 0. The molecule has 0 N–H and O–H groups in total. The van der Waals surface area contributed by atoms with Gasteiger partial charge in [0, 0.05) is 26.9 Å². The van der Waals surface area contributed by atoms with Crippen LogP contribution in [0.4, 0.5) is 0 Å². The van der Waals surface area contributed by atoms with Gasteiger partial charge in [-0.1, -0.05) is 59.6 Å². The molecule has 26 heavy (non-hydrogen) atoms. The Kier molecular flexibility index (Phi) is 5.28. The van der Waals surface area contributed by atoms with Gasteiger partial charge in [-0.25, -0.2) is 0 Å². The first-order valence-corrected chi connectivity index (χ1v) is 12.4. The summed E-state index contributed by atoms with van der Waals surface area (Å²) in [4.78, 5) is 0. The molecule has 134 valence electrons. The SMILES string of the molecule is CC(C)c1cc(Br)c2c(I)cc3c(C(C)C)cc(Br)c4c(I)cc1c2c34. The van der Waals surface area contributed by atoms with Gasteiger partial charge in [0.1, 0.15) is 0 Å². The van der Waals surface area contributed by atoms with Gasteiger partial charge in [0.25, 0.3) is 0 Å². The summed E-state index contributed by atoms with van der Waals surface area (Å²) in [7, 11) is 0. The molecule has 0 spiro atoms. The molecule has 0 fully saturated rings. The van der Waals surface area contributed by atoms with Crippen LogP contribution in [0.5, 0.6) is 0 Å². The van der Waals surface area contributed by atoms with Crippen LogP contribution in [0.25, 0.3) is 32.3 Å².